The van der Waals surface area contributed by atoms with Gasteiger partial charge in [-0.2, -0.15) is 0 Å². The molecule has 1 aliphatic rings. The van der Waals surface area contributed by atoms with E-state index in [-0.39, 0.29) is 48.5 Å². The summed E-state index contributed by atoms with van der Waals surface area (Å²) in [6.45, 7) is 6.21. The van der Waals surface area contributed by atoms with Crippen molar-refractivity contribution in [3.8, 4) is 0 Å². The summed E-state index contributed by atoms with van der Waals surface area (Å²) in [4.78, 5) is 14.0. The molecule has 0 spiro atoms. The molecule has 1 aliphatic heterocycles. The van der Waals surface area contributed by atoms with Crippen molar-refractivity contribution in [1.82, 2.24) is 0 Å². The van der Waals surface area contributed by atoms with Crippen molar-refractivity contribution in [2.75, 3.05) is 36.5 Å². The molecule has 1 aromatic carbocycles. The SMILES string of the molecule is CC(N)C(C)C(=O)Nc1cc(F)cc(N2CCOCC2)c1.Cl.Cl. The highest BCUT2D eigenvalue weighted by atomic mass is 35.5. The quantitative estimate of drug-likeness (QED) is 0.857. The summed E-state index contributed by atoms with van der Waals surface area (Å²) in [5.74, 6) is -0.911. The van der Waals surface area contributed by atoms with Gasteiger partial charge in [-0.3, -0.25) is 4.79 Å². The molecule has 1 saturated heterocycles. The number of anilines is 2. The molecule has 1 amide bonds. The Balaban J connectivity index is 0.00000242. The third-order valence-electron chi connectivity index (χ3n) is 3.73. The second kappa shape index (κ2) is 9.93. The van der Waals surface area contributed by atoms with Crippen LogP contribution in [0.3, 0.4) is 0 Å². The van der Waals surface area contributed by atoms with Crippen molar-refractivity contribution in [1.29, 1.82) is 0 Å². The lowest BCUT2D eigenvalue weighted by Crippen LogP contribution is -2.36. The number of hydrogen-bond acceptors (Lipinski definition) is 4. The lowest BCUT2D eigenvalue weighted by molar-refractivity contribution is -0.119. The van der Waals surface area contributed by atoms with Crippen molar-refractivity contribution < 1.29 is 13.9 Å². The van der Waals surface area contributed by atoms with Crippen LogP contribution in [-0.4, -0.2) is 38.3 Å². The van der Waals surface area contributed by atoms with Crippen LogP contribution in [-0.2, 0) is 9.53 Å². The van der Waals surface area contributed by atoms with Gasteiger partial charge in [0.25, 0.3) is 0 Å². The molecule has 0 aliphatic carbocycles. The zero-order valence-corrected chi connectivity index (χ0v) is 14.9. The van der Waals surface area contributed by atoms with Crippen LogP contribution in [0.15, 0.2) is 18.2 Å². The topological polar surface area (TPSA) is 67.6 Å². The summed E-state index contributed by atoms with van der Waals surface area (Å²) in [5, 5.41) is 2.73. The zero-order valence-electron chi connectivity index (χ0n) is 13.3. The molecule has 0 aromatic heterocycles. The maximum absolute atomic E-state index is 13.8. The zero-order chi connectivity index (χ0) is 15.4. The van der Waals surface area contributed by atoms with E-state index in [1.54, 1.807) is 19.9 Å². The minimum absolute atomic E-state index is 0. The van der Waals surface area contributed by atoms with Crippen molar-refractivity contribution in [3.63, 3.8) is 0 Å². The average molecular weight is 368 g/mol. The number of morpholine rings is 1. The maximum Gasteiger partial charge on any atom is 0.228 e. The fourth-order valence-corrected chi connectivity index (χ4v) is 2.15. The Morgan fingerprint density at radius 3 is 2.43 bits per heavy atom. The molecular formula is C15H24Cl2FN3O2. The summed E-state index contributed by atoms with van der Waals surface area (Å²) in [7, 11) is 0. The highest BCUT2D eigenvalue weighted by Gasteiger charge is 2.18. The first-order valence-corrected chi connectivity index (χ1v) is 7.17. The van der Waals surface area contributed by atoms with E-state index >= 15 is 0 Å². The monoisotopic (exact) mass is 367 g/mol. The van der Waals surface area contributed by atoms with Crippen molar-refractivity contribution >= 4 is 42.1 Å². The summed E-state index contributed by atoms with van der Waals surface area (Å²) in [5.41, 5.74) is 6.91. The van der Waals surface area contributed by atoms with E-state index in [1.165, 1.54) is 12.1 Å². The van der Waals surface area contributed by atoms with Gasteiger partial charge in [0.1, 0.15) is 5.82 Å². The second-order valence-corrected chi connectivity index (χ2v) is 5.43. The Hall–Kier alpha value is -1.08. The first-order chi connectivity index (χ1) is 9.97. The highest BCUT2D eigenvalue weighted by Crippen LogP contribution is 2.23. The molecule has 23 heavy (non-hydrogen) atoms. The molecule has 8 heteroatoms. The summed E-state index contributed by atoms with van der Waals surface area (Å²) in [6, 6.07) is 4.31. The van der Waals surface area contributed by atoms with Gasteiger partial charge in [0, 0.05) is 30.5 Å². The van der Waals surface area contributed by atoms with Gasteiger partial charge in [-0.25, -0.2) is 4.39 Å². The van der Waals surface area contributed by atoms with Crippen molar-refractivity contribution in [2.45, 2.75) is 19.9 Å². The van der Waals surface area contributed by atoms with Gasteiger partial charge >= 0.3 is 0 Å². The third-order valence-corrected chi connectivity index (χ3v) is 3.73. The second-order valence-electron chi connectivity index (χ2n) is 5.43. The van der Waals surface area contributed by atoms with E-state index in [1.807, 2.05) is 4.90 Å². The number of nitrogens with zero attached hydrogens (tertiary/aromatic N) is 1. The Morgan fingerprint density at radius 2 is 1.87 bits per heavy atom. The van der Waals surface area contributed by atoms with Crippen LogP contribution < -0.4 is 16.0 Å². The van der Waals surface area contributed by atoms with E-state index in [9.17, 15) is 9.18 Å². The Labute approximate surface area is 148 Å². The number of ether oxygens (including phenoxy) is 1. The molecule has 1 aromatic rings. The molecule has 0 saturated carbocycles. The van der Waals surface area contributed by atoms with Crippen LogP contribution in [0.4, 0.5) is 15.8 Å². The normalized spacial score (nSPS) is 16.6. The van der Waals surface area contributed by atoms with Gasteiger partial charge in [-0.05, 0) is 25.1 Å². The van der Waals surface area contributed by atoms with Crippen LogP contribution in [0, 0.1) is 11.7 Å². The molecule has 2 unspecified atom stereocenters. The number of halogens is 3. The number of benzene rings is 1. The van der Waals surface area contributed by atoms with Gasteiger partial charge in [-0.1, -0.05) is 6.92 Å². The van der Waals surface area contributed by atoms with E-state index in [0.29, 0.717) is 32.0 Å². The maximum atomic E-state index is 13.8. The lowest BCUT2D eigenvalue weighted by atomic mass is 10.0. The lowest BCUT2D eigenvalue weighted by Gasteiger charge is -2.29. The van der Waals surface area contributed by atoms with Crippen LogP contribution in [0.5, 0.6) is 0 Å². The van der Waals surface area contributed by atoms with Crippen LogP contribution in [0.1, 0.15) is 13.8 Å². The Morgan fingerprint density at radius 1 is 1.26 bits per heavy atom. The third kappa shape index (κ3) is 6.14. The van der Waals surface area contributed by atoms with E-state index < -0.39 is 0 Å². The van der Waals surface area contributed by atoms with Crippen LogP contribution >= 0.6 is 24.8 Å². The largest absolute Gasteiger partial charge is 0.378 e. The molecule has 1 fully saturated rings. The molecule has 1 heterocycles. The number of nitrogens with one attached hydrogen (secondary N) is 1. The van der Waals surface area contributed by atoms with Crippen LogP contribution in [0.25, 0.3) is 0 Å². The van der Waals surface area contributed by atoms with E-state index in [2.05, 4.69) is 5.32 Å². The molecular weight excluding hydrogens is 344 g/mol. The van der Waals surface area contributed by atoms with Gasteiger partial charge < -0.3 is 20.7 Å². The van der Waals surface area contributed by atoms with Gasteiger partial charge in [-0.15, -0.1) is 24.8 Å². The number of nitrogens with two attached hydrogens (primary N) is 1. The molecule has 5 nitrogen and oxygen atoms in total. The predicted octanol–water partition coefficient (Wildman–Crippen LogP) is 2.43. The standard InChI is InChI=1S/C15H22FN3O2.2ClH/c1-10(11(2)17)15(20)18-13-7-12(16)8-14(9-13)19-3-5-21-6-4-19;;/h7-11H,3-6,17H2,1-2H3,(H,18,20);2*1H. The molecule has 0 bridgehead atoms. The number of amides is 1. The Kier molecular flexibility index (Phi) is 9.46. The predicted molar refractivity (Wildman–Crippen MR) is 95.4 cm³/mol. The fourth-order valence-electron chi connectivity index (χ4n) is 2.15. The van der Waals surface area contributed by atoms with Gasteiger partial charge in [0.05, 0.1) is 19.1 Å². The first kappa shape index (κ1) is 21.9. The minimum atomic E-state index is -0.372. The van der Waals surface area contributed by atoms with Crippen LogP contribution in [0.2, 0.25) is 0 Å². The average Bonchev–Trinajstić information content (AvgIpc) is 2.46. The number of carbonyl (C=O) groups excluding carboxylic acids is 1. The molecule has 0 radical (unpaired) electrons. The molecule has 3 N–H and O–H groups in total. The number of rotatable bonds is 4. The number of carbonyl (C=O) groups is 1. The number of hydrogen-bond donors (Lipinski definition) is 2. The Bertz CT molecular complexity index is 511. The minimum Gasteiger partial charge on any atom is -0.378 e. The highest BCUT2D eigenvalue weighted by molar-refractivity contribution is 5.93. The van der Waals surface area contributed by atoms with Crippen molar-refractivity contribution in [3.05, 3.63) is 24.0 Å². The van der Waals surface area contributed by atoms with Gasteiger partial charge in [0.2, 0.25) is 5.91 Å². The molecule has 132 valence electrons. The molecule has 2 atom stereocenters. The smallest absolute Gasteiger partial charge is 0.228 e. The fraction of sp³-hybridized carbons (Fsp3) is 0.533. The van der Waals surface area contributed by atoms with Gasteiger partial charge in [0.15, 0.2) is 0 Å². The summed E-state index contributed by atoms with van der Waals surface area (Å²) >= 11 is 0. The van der Waals surface area contributed by atoms with Crippen molar-refractivity contribution in [2.24, 2.45) is 11.7 Å². The summed E-state index contributed by atoms with van der Waals surface area (Å²) in [6.07, 6.45) is 0. The molecule has 2 rings (SSSR count). The first-order valence-electron chi connectivity index (χ1n) is 7.17. The summed E-state index contributed by atoms with van der Waals surface area (Å²) < 4.78 is 19.0. The van der Waals surface area contributed by atoms with E-state index in [4.69, 9.17) is 10.5 Å². The van der Waals surface area contributed by atoms with E-state index in [0.717, 1.165) is 5.69 Å².